The van der Waals surface area contributed by atoms with Crippen molar-refractivity contribution in [1.29, 1.82) is 0 Å². The number of aryl methyl sites for hydroxylation is 1. The van der Waals surface area contributed by atoms with Crippen molar-refractivity contribution < 1.29 is 9.94 Å². The summed E-state index contributed by atoms with van der Waals surface area (Å²) in [6.07, 6.45) is 2.06. The van der Waals surface area contributed by atoms with Crippen LogP contribution in [0.4, 0.5) is 5.69 Å². The lowest BCUT2D eigenvalue weighted by molar-refractivity contribution is 0.202. The quantitative estimate of drug-likeness (QED) is 0.334. The number of benzene rings is 1. The third kappa shape index (κ3) is 4.11. The Kier molecular flexibility index (Phi) is 7.02. The van der Waals surface area contributed by atoms with Crippen molar-refractivity contribution in [2.75, 3.05) is 25.2 Å². The van der Waals surface area contributed by atoms with Crippen LogP contribution in [0, 0.1) is 6.92 Å². The number of oxime groups is 1. The predicted octanol–water partition coefficient (Wildman–Crippen LogP) is 2.73. The summed E-state index contributed by atoms with van der Waals surface area (Å²) in [4.78, 5) is 2.31. The molecule has 0 radical (unpaired) electrons. The number of anilines is 1. The summed E-state index contributed by atoms with van der Waals surface area (Å²) in [5.41, 5.74) is 8.76. The third-order valence-electron chi connectivity index (χ3n) is 3.83. The number of methoxy groups -OCH3 is 1. The van der Waals surface area contributed by atoms with E-state index in [9.17, 15) is 0 Å². The topological polar surface area (TPSA) is 71.1 Å². The predicted molar refractivity (Wildman–Crippen MR) is 87.3 cm³/mol. The van der Waals surface area contributed by atoms with Gasteiger partial charge in [0.25, 0.3) is 0 Å². The second-order valence-electron chi connectivity index (χ2n) is 5.11. The first-order valence-corrected chi connectivity index (χ1v) is 7.43. The van der Waals surface area contributed by atoms with Crippen molar-refractivity contribution in [3.05, 3.63) is 29.3 Å². The normalized spacial score (nSPS) is 12.0. The van der Waals surface area contributed by atoms with Gasteiger partial charge in [-0.2, -0.15) is 0 Å². The molecule has 0 spiro atoms. The third-order valence-corrected chi connectivity index (χ3v) is 3.83. The summed E-state index contributed by atoms with van der Waals surface area (Å²) in [6.45, 7) is 7.82. The largest absolute Gasteiger partial charge is 0.409 e. The van der Waals surface area contributed by atoms with E-state index >= 15 is 0 Å². The highest BCUT2D eigenvalue weighted by molar-refractivity contribution is 6.02. The first-order chi connectivity index (χ1) is 10.1. The van der Waals surface area contributed by atoms with Gasteiger partial charge in [-0.15, -0.1) is 0 Å². The van der Waals surface area contributed by atoms with E-state index in [1.165, 1.54) is 0 Å². The zero-order valence-electron chi connectivity index (χ0n) is 13.5. The maximum atomic E-state index is 9.03. The van der Waals surface area contributed by atoms with Crippen LogP contribution in [0.25, 0.3) is 0 Å². The molecule has 3 N–H and O–H groups in total. The van der Waals surface area contributed by atoms with Gasteiger partial charge in [0.1, 0.15) is 0 Å². The fraction of sp³-hybridized carbons (Fsp3) is 0.562. The molecular formula is C16H27N3O2. The Hall–Kier alpha value is -1.75. The lowest BCUT2D eigenvalue weighted by atomic mass is 10.0. The molecule has 1 aromatic rings. The van der Waals surface area contributed by atoms with E-state index in [1.807, 2.05) is 25.1 Å². The Labute approximate surface area is 127 Å². The fourth-order valence-corrected chi connectivity index (χ4v) is 2.70. The molecule has 5 nitrogen and oxygen atoms in total. The Morgan fingerprint density at radius 3 is 2.57 bits per heavy atom. The molecule has 0 fully saturated rings. The first kappa shape index (κ1) is 17.3. The molecule has 0 aliphatic carbocycles. The first-order valence-electron chi connectivity index (χ1n) is 7.43. The highest BCUT2D eigenvalue weighted by Crippen LogP contribution is 2.28. The zero-order valence-corrected chi connectivity index (χ0v) is 13.5. The highest BCUT2D eigenvalue weighted by atomic mass is 16.5. The summed E-state index contributed by atoms with van der Waals surface area (Å²) >= 11 is 0. The summed E-state index contributed by atoms with van der Waals surface area (Å²) in [7, 11) is 1.70. The fourth-order valence-electron chi connectivity index (χ4n) is 2.70. The van der Waals surface area contributed by atoms with Crippen LogP contribution in [0.1, 0.15) is 37.8 Å². The maximum Gasteiger partial charge on any atom is 0.172 e. The molecule has 21 heavy (non-hydrogen) atoms. The Morgan fingerprint density at radius 1 is 1.38 bits per heavy atom. The van der Waals surface area contributed by atoms with Crippen molar-refractivity contribution >= 4 is 11.5 Å². The van der Waals surface area contributed by atoms with Gasteiger partial charge in [-0.25, -0.2) is 0 Å². The number of nitrogens with two attached hydrogens (primary N) is 1. The minimum Gasteiger partial charge on any atom is -0.409 e. The molecule has 0 heterocycles. The maximum absolute atomic E-state index is 9.03. The van der Waals surface area contributed by atoms with E-state index in [2.05, 4.69) is 23.9 Å². The number of ether oxygens (including phenoxy) is 1. The molecule has 0 amide bonds. The highest BCUT2D eigenvalue weighted by Gasteiger charge is 2.21. The molecule has 0 unspecified atom stereocenters. The van der Waals surface area contributed by atoms with Crippen molar-refractivity contribution in [3.8, 4) is 0 Å². The molecule has 5 heteroatoms. The van der Waals surface area contributed by atoms with E-state index in [-0.39, 0.29) is 5.84 Å². The van der Waals surface area contributed by atoms with Crippen LogP contribution in [0.15, 0.2) is 23.4 Å². The lowest BCUT2D eigenvalue weighted by Gasteiger charge is -2.35. The summed E-state index contributed by atoms with van der Waals surface area (Å²) in [5.74, 6) is 0.141. The zero-order chi connectivity index (χ0) is 15.8. The van der Waals surface area contributed by atoms with E-state index in [1.54, 1.807) is 7.11 Å². The molecule has 0 aliphatic rings. The van der Waals surface area contributed by atoms with Crippen LogP contribution in [-0.2, 0) is 4.74 Å². The van der Waals surface area contributed by atoms with E-state index in [0.717, 1.165) is 36.2 Å². The van der Waals surface area contributed by atoms with Crippen molar-refractivity contribution in [1.82, 2.24) is 0 Å². The Bertz CT molecular complexity index is 471. The van der Waals surface area contributed by atoms with E-state index in [0.29, 0.717) is 12.6 Å². The molecule has 0 saturated heterocycles. The van der Waals surface area contributed by atoms with Crippen molar-refractivity contribution in [2.24, 2.45) is 10.9 Å². The van der Waals surface area contributed by atoms with Gasteiger partial charge in [-0.1, -0.05) is 31.1 Å². The second-order valence-corrected chi connectivity index (χ2v) is 5.11. The number of rotatable bonds is 8. The minimum absolute atomic E-state index is 0.141. The second kappa shape index (κ2) is 8.52. The van der Waals surface area contributed by atoms with E-state index < -0.39 is 0 Å². The molecule has 0 aromatic heterocycles. The van der Waals surface area contributed by atoms with Gasteiger partial charge in [0, 0.05) is 25.3 Å². The number of hydrogen-bond donors (Lipinski definition) is 2. The van der Waals surface area contributed by atoms with Crippen LogP contribution < -0.4 is 10.6 Å². The monoisotopic (exact) mass is 293 g/mol. The lowest BCUT2D eigenvalue weighted by Crippen LogP contribution is -2.39. The number of para-hydroxylation sites is 1. The van der Waals surface area contributed by atoms with Crippen molar-refractivity contribution in [3.63, 3.8) is 0 Å². The van der Waals surface area contributed by atoms with Crippen LogP contribution in [0.3, 0.4) is 0 Å². The summed E-state index contributed by atoms with van der Waals surface area (Å²) in [6, 6.07) is 6.25. The number of nitrogens with zero attached hydrogens (tertiary/aromatic N) is 2. The van der Waals surface area contributed by atoms with Crippen LogP contribution in [0.2, 0.25) is 0 Å². The van der Waals surface area contributed by atoms with Gasteiger partial charge >= 0.3 is 0 Å². The molecule has 1 aromatic carbocycles. The SMILES string of the molecule is CCC(CC)N(CCOC)c1c(C)cccc1/C(N)=N/O. The minimum atomic E-state index is 0.141. The molecule has 118 valence electrons. The van der Waals surface area contributed by atoms with Crippen LogP contribution in [0.5, 0.6) is 0 Å². The number of amidine groups is 1. The number of hydrogen-bond acceptors (Lipinski definition) is 4. The Morgan fingerprint density at radius 2 is 2.05 bits per heavy atom. The van der Waals surface area contributed by atoms with Crippen LogP contribution >= 0.6 is 0 Å². The van der Waals surface area contributed by atoms with Gasteiger partial charge in [0.2, 0.25) is 0 Å². The molecule has 1 rings (SSSR count). The summed E-state index contributed by atoms with van der Waals surface area (Å²) in [5, 5.41) is 12.2. The van der Waals surface area contributed by atoms with Gasteiger partial charge in [0.05, 0.1) is 12.3 Å². The molecule has 0 bridgehead atoms. The standard InChI is InChI=1S/C16H27N3O2/c1-5-13(6-2)19(10-11-21-4)15-12(3)8-7-9-14(15)16(17)18-20/h7-9,13,20H,5-6,10-11H2,1-4H3,(H2,17,18). The molecule has 0 atom stereocenters. The van der Waals surface area contributed by atoms with Gasteiger partial charge < -0.3 is 20.6 Å². The van der Waals surface area contributed by atoms with Gasteiger partial charge in [-0.3, -0.25) is 0 Å². The van der Waals surface area contributed by atoms with Crippen molar-refractivity contribution in [2.45, 2.75) is 39.7 Å². The molecule has 0 aliphatic heterocycles. The van der Waals surface area contributed by atoms with Crippen LogP contribution in [-0.4, -0.2) is 37.3 Å². The average molecular weight is 293 g/mol. The smallest absolute Gasteiger partial charge is 0.172 e. The molecular weight excluding hydrogens is 266 g/mol. The molecule has 0 saturated carbocycles. The van der Waals surface area contributed by atoms with E-state index in [4.69, 9.17) is 15.7 Å². The summed E-state index contributed by atoms with van der Waals surface area (Å²) < 4.78 is 5.25. The van der Waals surface area contributed by atoms with Gasteiger partial charge in [0.15, 0.2) is 5.84 Å². The average Bonchev–Trinajstić information content (AvgIpc) is 2.51. The Balaban J connectivity index is 3.34. The van der Waals surface area contributed by atoms with Gasteiger partial charge in [-0.05, 0) is 31.4 Å².